The van der Waals surface area contributed by atoms with Crippen molar-refractivity contribution >= 4 is 17.3 Å². The van der Waals surface area contributed by atoms with Crippen molar-refractivity contribution in [3.63, 3.8) is 0 Å². The Hall–Kier alpha value is -0.310. The summed E-state index contributed by atoms with van der Waals surface area (Å²) in [5.41, 5.74) is 0.551. The summed E-state index contributed by atoms with van der Waals surface area (Å²) in [6, 6.07) is 0.538. The van der Waals surface area contributed by atoms with Crippen molar-refractivity contribution in [2.75, 3.05) is 7.05 Å². The quantitative estimate of drug-likeness (QED) is 0.739. The van der Waals surface area contributed by atoms with Gasteiger partial charge in [-0.15, -0.1) is 0 Å². The molecule has 17 heavy (non-hydrogen) atoms. The van der Waals surface area contributed by atoms with Gasteiger partial charge in [0.25, 0.3) is 0 Å². The molecule has 1 atom stereocenters. The predicted molar refractivity (Wildman–Crippen MR) is 74.9 cm³/mol. The molecule has 0 radical (unpaired) electrons. The largest absolute Gasteiger partial charge is 0.366 e. The molecule has 4 fully saturated rings. The smallest absolute Gasteiger partial charge is 0.166 e. The summed E-state index contributed by atoms with van der Waals surface area (Å²) in [5, 5.41) is 7.37. The zero-order chi connectivity index (χ0) is 12.0. The predicted octanol–water partition coefficient (Wildman–Crippen LogP) is 2.69. The van der Waals surface area contributed by atoms with E-state index in [0.717, 1.165) is 22.9 Å². The van der Waals surface area contributed by atoms with Gasteiger partial charge in [-0.2, -0.15) is 0 Å². The minimum atomic E-state index is 0.538. The maximum atomic E-state index is 5.26. The Morgan fingerprint density at radius 1 is 1.12 bits per heavy atom. The lowest BCUT2D eigenvalue weighted by Gasteiger charge is -2.59. The first-order valence-electron chi connectivity index (χ1n) is 7.09. The fraction of sp³-hybridized carbons (Fsp3) is 0.929. The summed E-state index contributed by atoms with van der Waals surface area (Å²) in [7, 11) is 1.90. The van der Waals surface area contributed by atoms with E-state index in [0.29, 0.717) is 11.5 Å². The van der Waals surface area contributed by atoms with Crippen LogP contribution in [0.25, 0.3) is 0 Å². The van der Waals surface area contributed by atoms with Gasteiger partial charge >= 0.3 is 0 Å². The monoisotopic (exact) mass is 252 g/mol. The molecule has 0 aromatic carbocycles. The van der Waals surface area contributed by atoms with E-state index in [1.165, 1.54) is 38.5 Å². The topological polar surface area (TPSA) is 24.1 Å². The molecule has 0 aromatic rings. The number of rotatable bonds is 2. The van der Waals surface area contributed by atoms with Gasteiger partial charge in [-0.25, -0.2) is 0 Å². The minimum Gasteiger partial charge on any atom is -0.366 e. The summed E-state index contributed by atoms with van der Waals surface area (Å²) in [6.45, 7) is 2.34. The Labute approximate surface area is 110 Å². The molecule has 4 rings (SSSR count). The molecule has 0 amide bonds. The molecule has 4 saturated carbocycles. The van der Waals surface area contributed by atoms with Gasteiger partial charge < -0.3 is 10.6 Å². The molecule has 2 nitrogen and oxygen atoms in total. The fourth-order valence-corrected chi connectivity index (χ4v) is 5.31. The van der Waals surface area contributed by atoms with Crippen molar-refractivity contribution in [3.8, 4) is 0 Å². The highest BCUT2D eigenvalue weighted by Crippen LogP contribution is 2.61. The van der Waals surface area contributed by atoms with Crippen LogP contribution >= 0.6 is 12.2 Å². The third kappa shape index (κ3) is 1.96. The Balaban J connectivity index is 1.75. The van der Waals surface area contributed by atoms with Crippen LogP contribution in [0.3, 0.4) is 0 Å². The lowest BCUT2D eigenvalue weighted by Crippen LogP contribution is -2.56. The van der Waals surface area contributed by atoms with E-state index in [4.69, 9.17) is 12.2 Å². The molecule has 4 aliphatic rings. The normalized spacial score (nSPS) is 44.5. The summed E-state index contributed by atoms with van der Waals surface area (Å²) in [5.74, 6) is 3.07. The molecule has 4 bridgehead atoms. The van der Waals surface area contributed by atoms with Crippen molar-refractivity contribution in [3.05, 3.63) is 0 Å². The zero-order valence-corrected chi connectivity index (χ0v) is 11.8. The third-order valence-corrected chi connectivity index (χ3v) is 5.90. The first-order valence-corrected chi connectivity index (χ1v) is 7.50. The molecule has 0 aliphatic heterocycles. The van der Waals surface area contributed by atoms with Crippen LogP contribution in [0.2, 0.25) is 0 Å². The van der Waals surface area contributed by atoms with E-state index >= 15 is 0 Å². The van der Waals surface area contributed by atoms with Crippen LogP contribution in [0.5, 0.6) is 0 Å². The second-order valence-electron chi connectivity index (χ2n) is 6.73. The first-order chi connectivity index (χ1) is 8.11. The van der Waals surface area contributed by atoms with Crippen LogP contribution in [0.4, 0.5) is 0 Å². The molecule has 3 heteroatoms. The molecule has 0 spiro atoms. The molecular weight excluding hydrogens is 228 g/mol. The number of hydrogen-bond donors (Lipinski definition) is 2. The Bertz CT molecular complexity index is 291. The molecule has 96 valence electrons. The third-order valence-electron chi connectivity index (χ3n) is 5.58. The zero-order valence-electron chi connectivity index (χ0n) is 11.0. The summed E-state index contributed by atoms with van der Waals surface area (Å²) >= 11 is 5.26. The SMILES string of the molecule is CNC(=S)N[C@@H](C)C12CC3CC(CC(C3)C1)C2. The van der Waals surface area contributed by atoms with Gasteiger partial charge in [-0.3, -0.25) is 0 Å². The van der Waals surface area contributed by atoms with E-state index in [-0.39, 0.29) is 0 Å². The van der Waals surface area contributed by atoms with E-state index < -0.39 is 0 Å². The van der Waals surface area contributed by atoms with Crippen LogP contribution in [0, 0.1) is 23.2 Å². The number of nitrogens with one attached hydrogen (secondary N) is 2. The van der Waals surface area contributed by atoms with Gasteiger partial charge in [0.15, 0.2) is 5.11 Å². The molecule has 2 N–H and O–H groups in total. The van der Waals surface area contributed by atoms with Crippen molar-refractivity contribution in [2.24, 2.45) is 23.2 Å². The number of thiocarbonyl (C=S) groups is 1. The first kappa shape index (κ1) is 11.8. The van der Waals surface area contributed by atoms with Gasteiger partial charge in [-0.1, -0.05) is 0 Å². The van der Waals surface area contributed by atoms with Gasteiger partial charge in [-0.05, 0) is 80.8 Å². The van der Waals surface area contributed by atoms with Crippen LogP contribution in [-0.4, -0.2) is 18.2 Å². The highest BCUT2D eigenvalue weighted by Gasteiger charge is 2.53. The summed E-state index contributed by atoms with van der Waals surface area (Å²) in [4.78, 5) is 0. The van der Waals surface area contributed by atoms with Gasteiger partial charge in [0, 0.05) is 13.1 Å². The van der Waals surface area contributed by atoms with Gasteiger partial charge in [0.2, 0.25) is 0 Å². The molecule has 4 aliphatic carbocycles. The van der Waals surface area contributed by atoms with Crippen molar-refractivity contribution in [2.45, 2.75) is 51.5 Å². The van der Waals surface area contributed by atoms with Crippen LogP contribution in [0.1, 0.15) is 45.4 Å². The van der Waals surface area contributed by atoms with Crippen LogP contribution < -0.4 is 10.6 Å². The molecule has 0 saturated heterocycles. The van der Waals surface area contributed by atoms with E-state index in [1.54, 1.807) is 0 Å². The van der Waals surface area contributed by atoms with Crippen molar-refractivity contribution < 1.29 is 0 Å². The van der Waals surface area contributed by atoms with E-state index in [2.05, 4.69) is 17.6 Å². The molecule has 0 heterocycles. The molecule has 0 aromatic heterocycles. The maximum Gasteiger partial charge on any atom is 0.166 e. The fourth-order valence-electron chi connectivity index (χ4n) is 5.13. The molecular formula is C14H24N2S. The second kappa shape index (κ2) is 4.11. The Morgan fingerprint density at radius 2 is 1.59 bits per heavy atom. The molecule has 0 unspecified atom stereocenters. The minimum absolute atomic E-state index is 0.538. The average molecular weight is 252 g/mol. The van der Waals surface area contributed by atoms with Crippen LogP contribution in [0.15, 0.2) is 0 Å². The lowest BCUT2D eigenvalue weighted by molar-refractivity contribution is -0.0672. The highest BCUT2D eigenvalue weighted by atomic mass is 32.1. The summed E-state index contributed by atoms with van der Waals surface area (Å²) < 4.78 is 0. The Kier molecular flexibility index (Phi) is 2.85. The van der Waals surface area contributed by atoms with E-state index in [9.17, 15) is 0 Å². The second-order valence-corrected chi connectivity index (χ2v) is 7.13. The van der Waals surface area contributed by atoms with Crippen LogP contribution in [-0.2, 0) is 0 Å². The standard InChI is InChI=1S/C14H24N2S/c1-9(16-13(17)15-2)14-6-10-3-11(7-14)5-12(4-10)8-14/h9-12H,3-8H2,1-2H3,(H2,15,16,17)/t9-,10?,11?,12?,14?/m0/s1. The lowest BCUT2D eigenvalue weighted by atomic mass is 9.48. The van der Waals surface area contributed by atoms with Gasteiger partial charge in [0.05, 0.1) is 0 Å². The number of hydrogen-bond acceptors (Lipinski definition) is 1. The Morgan fingerprint density at radius 3 is 2.00 bits per heavy atom. The van der Waals surface area contributed by atoms with Crippen molar-refractivity contribution in [1.29, 1.82) is 0 Å². The van der Waals surface area contributed by atoms with Gasteiger partial charge in [0.1, 0.15) is 0 Å². The highest BCUT2D eigenvalue weighted by molar-refractivity contribution is 7.80. The average Bonchev–Trinajstić information content (AvgIpc) is 2.26. The maximum absolute atomic E-state index is 5.26. The van der Waals surface area contributed by atoms with Crippen molar-refractivity contribution in [1.82, 2.24) is 10.6 Å². The van der Waals surface area contributed by atoms with E-state index in [1.807, 2.05) is 7.05 Å². The summed E-state index contributed by atoms with van der Waals surface area (Å²) in [6.07, 6.45) is 8.88.